The van der Waals surface area contributed by atoms with Gasteiger partial charge in [-0.25, -0.2) is 0 Å². The Bertz CT molecular complexity index is 506. The van der Waals surface area contributed by atoms with Crippen LogP contribution in [-0.2, 0) is 10.4 Å². The largest absolute Gasteiger partial charge is 0.378 e. The van der Waals surface area contributed by atoms with Crippen molar-refractivity contribution in [3.05, 3.63) is 42.1 Å². The molecule has 0 saturated carbocycles. The minimum atomic E-state index is -1.44. The Morgan fingerprint density at radius 1 is 1.40 bits per heavy atom. The number of aliphatic hydroxyl groups is 1. The van der Waals surface area contributed by atoms with Gasteiger partial charge in [-0.05, 0) is 24.6 Å². The number of benzene rings is 1. The molecule has 0 amide bonds. The van der Waals surface area contributed by atoms with E-state index in [-0.39, 0.29) is 0 Å². The Kier molecular flexibility index (Phi) is 2.25. The van der Waals surface area contributed by atoms with Gasteiger partial charge in [0.05, 0.1) is 5.52 Å². The van der Waals surface area contributed by atoms with Crippen molar-refractivity contribution in [2.24, 2.45) is 0 Å². The van der Waals surface area contributed by atoms with E-state index < -0.39 is 5.60 Å². The maximum Gasteiger partial charge on any atom is 0.155 e. The third kappa shape index (κ3) is 1.74. The fourth-order valence-electron chi connectivity index (χ4n) is 1.45. The van der Waals surface area contributed by atoms with Crippen LogP contribution in [0, 0.1) is 0 Å². The summed E-state index contributed by atoms with van der Waals surface area (Å²) in [6, 6.07) is 9.08. The van der Waals surface area contributed by atoms with Gasteiger partial charge in [-0.15, -0.1) is 0 Å². The highest BCUT2D eigenvalue weighted by Crippen LogP contribution is 2.21. The number of nitrogens with zero attached hydrogens (tertiary/aromatic N) is 1. The normalized spacial score (nSPS) is 14.8. The molecule has 15 heavy (non-hydrogen) atoms. The molecule has 3 heteroatoms. The van der Waals surface area contributed by atoms with Gasteiger partial charge in [0.25, 0.3) is 0 Å². The summed E-state index contributed by atoms with van der Waals surface area (Å²) in [6.07, 6.45) is 2.21. The van der Waals surface area contributed by atoms with Crippen LogP contribution >= 0.6 is 0 Å². The van der Waals surface area contributed by atoms with E-state index >= 15 is 0 Å². The van der Waals surface area contributed by atoms with E-state index in [2.05, 4.69) is 4.98 Å². The van der Waals surface area contributed by atoms with Gasteiger partial charge in [0, 0.05) is 11.6 Å². The van der Waals surface area contributed by atoms with E-state index in [1.807, 2.05) is 18.2 Å². The van der Waals surface area contributed by atoms with Crippen LogP contribution in [0.15, 0.2) is 36.5 Å². The Hall–Kier alpha value is -1.74. The number of hydrogen-bond donors (Lipinski definition) is 1. The molecule has 1 aromatic carbocycles. The van der Waals surface area contributed by atoms with Gasteiger partial charge in [-0.1, -0.05) is 18.2 Å². The van der Waals surface area contributed by atoms with Crippen molar-refractivity contribution < 1.29 is 9.90 Å². The topological polar surface area (TPSA) is 50.2 Å². The van der Waals surface area contributed by atoms with Gasteiger partial charge in [0.15, 0.2) is 6.29 Å². The van der Waals surface area contributed by atoms with E-state index in [1.54, 1.807) is 18.3 Å². The van der Waals surface area contributed by atoms with Gasteiger partial charge in [-0.2, -0.15) is 0 Å². The quantitative estimate of drug-likeness (QED) is 0.751. The lowest BCUT2D eigenvalue weighted by Crippen LogP contribution is -2.22. The maximum atomic E-state index is 10.7. The highest BCUT2D eigenvalue weighted by molar-refractivity contribution is 5.80. The van der Waals surface area contributed by atoms with Crippen LogP contribution in [-0.4, -0.2) is 16.4 Å². The molecule has 1 atom stereocenters. The fraction of sp³-hybridized carbons (Fsp3) is 0.167. The number of fused-ring (bicyclic) bond motifs is 1. The number of hydrogen-bond acceptors (Lipinski definition) is 3. The zero-order valence-electron chi connectivity index (χ0n) is 8.34. The van der Waals surface area contributed by atoms with Gasteiger partial charge >= 0.3 is 0 Å². The lowest BCUT2D eigenvalue weighted by atomic mass is 9.96. The summed E-state index contributed by atoms with van der Waals surface area (Å²) in [5.41, 5.74) is -0.105. The molecule has 0 aliphatic carbocycles. The van der Waals surface area contributed by atoms with Crippen molar-refractivity contribution in [3.63, 3.8) is 0 Å². The predicted molar refractivity (Wildman–Crippen MR) is 57.4 cm³/mol. The maximum absolute atomic E-state index is 10.7. The predicted octanol–water partition coefficient (Wildman–Crippen LogP) is 1.64. The first kappa shape index (κ1) is 9.80. The molecule has 1 heterocycles. The number of rotatable bonds is 2. The molecule has 2 rings (SSSR count). The van der Waals surface area contributed by atoms with Crippen molar-refractivity contribution in [2.45, 2.75) is 12.5 Å². The highest BCUT2D eigenvalue weighted by atomic mass is 16.3. The Morgan fingerprint density at radius 2 is 2.20 bits per heavy atom. The number of pyridine rings is 1. The summed E-state index contributed by atoms with van der Waals surface area (Å²) >= 11 is 0. The number of aromatic nitrogens is 1. The molecule has 0 bridgehead atoms. The van der Waals surface area contributed by atoms with Crippen LogP contribution in [0.2, 0.25) is 0 Å². The Morgan fingerprint density at radius 3 is 2.93 bits per heavy atom. The fourth-order valence-corrected chi connectivity index (χ4v) is 1.45. The Labute approximate surface area is 87.4 Å². The van der Waals surface area contributed by atoms with Crippen LogP contribution in [0.4, 0.5) is 0 Å². The van der Waals surface area contributed by atoms with Crippen molar-refractivity contribution >= 4 is 17.2 Å². The molecule has 1 unspecified atom stereocenters. The van der Waals surface area contributed by atoms with E-state index in [0.717, 1.165) is 10.9 Å². The lowest BCUT2D eigenvalue weighted by molar-refractivity contribution is -0.123. The third-order valence-corrected chi connectivity index (χ3v) is 2.42. The van der Waals surface area contributed by atoms with E-state index in [0.29, 0.717) is 11.8 Å². The van der Waals surface area contributed by atoms with Crippen molar-refractivity contribution in [3.8, 4) is 0 Å². The second-order valence-electron chi connectivity index (χ2n) is 3.68. The van der Waals surface area contributed by atoms with Crippen LogP contribution in [0.5, 0.6) is 0 Å². The summed E-state index contributed by atoms with van der Waals surface area (Å²) in [5, 5.41) is 10.7. The monoisotopic (exact) mass is 201 g/mol. The second kappa shape index (κ2) is 3.44. The minimum Gasteiger partial charge on any atom is -0.378 e. The average Bonchev–Trinajstić information content (AvgIpc) is 2.28. The first-order valence-corrected chi connectivity index (χ1v) is 4.67. The summed E-state index contributed by atoms with van der Waals surface area (Å²) in [6.45, 7) is 1.46. The minimum absolute atomic E-state index is 0.525. The SMILES string of the molecule is CC(O)(C=O)c1ccc2cccnc2c1. The molecule has 3 nitrogen and oxygen atoms in total. The van der Waals surface area contributed by atoms with Crippen LogP contribution < -0.4 is 0 Å². The van der Waals surface area contributed by atoms with Crippen LogP contribution in [0.1, 0.15) is 12.5 Å². The van der Waals surface area contributed by atoms with Crippen molar-refractivity contribution in [1.82, 2.24) is 4.98 Å². The first-order chi connectivity index (χ1) is 7.13. The first-order valence-electron chi connectivity index (χ1n) is 4.67. The molecule has 76 valence electrons. The summed E-state index contributed by atoms with van der Waals surface area (Å²) < 4.78 is 0. The third-order valence-electron chi connectivity index (χ3n) is 2.42. The zero-order valence-corrected chi connectivity index (χ0v) is 8.34. The molecule has 0 saturated heterocycles. The van der Waals surface area contributed by atoms with E-state index in [1.165, 1.54) is 6.92 Å². The molecule has 0 aliphatic rings. The van der Waals surface area contributed by atoms with Gasteiger partial charge in [0.2, 0.25) is 0 Å². The molecule has 1 N–H and O–H groups in total. The van der Waals surface area contributed by atoms with Crippen molar-refractivity contribution in [2.75, 3.05) is 0 Å². The number of carbonyl (C=O) groups is 1. The number of carbonyl (C=O) groups excluding carboxylic acids is 1. The average molecular weight is 201 g/mol. The molecule has 0 spiro atoms. The molecule has 0 fully saturated rings. The van der Waals surface area contributed by atoms with Gasteiger partial charge < -0.3 is 5.11 Å². The molecule has 0 radical (unpaired) electrons. The summed E-state index contributed by atoms with van der Waals surface area (Å²) in [5.74, 6) is 0. The standard InChI is InChI=1S/C12H11NO2/c1-12(15,8-14)10-5-4-9-3-2-6-13-11(9)7-10/h2-8,15H,1H3. The van der Waals surface area contributed by atoms with Crippen LogP contribution in [0.25, 0.3) is 10.9 Å². The smallest absolute Gasteiger partial charge is 0.155 e. The van der Waals surface area contributed by atoms with E-state index in [4.69, 9.17) is 0 Å². The highest BCUT2D eigenvalue weighted by Gasteiger charge is 2.21. The van der Waals surface area contributed by atoms with E-state index in [9.17, 15) is 9.90 Å². The second-order valence-corrected chi connectivity index (χ2v) is 3.68. The summed E-state index contributed by atoms with van der Waals surface area (Å²) in [7, 11) is 0. The van der Waals surface area contributed by atoms with Crippen molar-refractivity contribution in [1.29, 1.82) is 0 Å². The molecule has 0 aliphatic heterocycles. The molecule has 1 aromatic heterocycles. The van der Waals surface area contributed by atoms with Crippen LogP contribution in [0.3, 0.4) is 0 Å². The molecular weight excluding hydrogens is 190 g/mol. The summed E-state index contributed by atoms with van der Waals surface area (Å²) in [4.78, 5) is 14.9. The zero-order chi connectivity index (χ0) is 10.9. The lowest BCUT2D eigenvalue weighted by Gasteiger charge is -2.16. The molecular formula is C12H11NO2. The Balaban J connectivity index is 2.61. The van der Waals surface area contributed by atoms with Gasteiger partial charge in [0.1, 0.15) is 5.60 Å². The number of aldehydes is 1. The van der Waals surface area contributed by atoms with Gasteiger partial charge in [-0.3, -0.25) is 9.78 Å². The molecule has 2 aromatic rings.